The van der Waals surface area contributed by atoms with Crippen LogP contribution in [0.25, 0.3) is 0 Å². The number of urea groups is 1. The van der Waals surface area contributed by atoms with Gasteiger partial charge in [0.15, 0.2) is 5.25 Å². The number of rotatable bonds is 3. The minimum Gasteiger partial charge on any atom is -0.244 e. The fourth-order valence-electron chi connectivity index (χ4n) is 3.96. The Hall–Kier alpha value is -2.89. The Labute approximate surface area is 183 Å². The van der Waals surface area contributed by atoms with Crippen LogP contribution in [-0.4, -0.2) is 27.5 Å². The Morgan fingerprint density at radius 2 is 1.77 bits per heavy atom. The fourth-order valence-corrected chi connectivity index (χ4v) is 5.43. The first-order valence-electron chi connectivity index (χ1n) is 9.63. The molecule has 4 nitrogen and oxygen atoms in total. The van der Waals surface area contributed by atoms with Crippen LogP contribution in [-0.2, 0) is 11.3 Å². The van der Waals surface area contributed by atoms with Crippen LogP contribution in [0.2, 0.25) is 5.02 Å². The number of amides is 3. The molecule has 0 saturated carbocycles. The minimum absolute atomic E-state index is 0.237. The van der Waals surface area contributed by atoms with Gasteiger partial charge in [-0.1, -0.05) is 54.1 Å². The molecule has 0 fully saturated rings. The van der Waals surface area contributed by atoms with Crippen LogP contribution < -0.4 is 4.90 Å². The molecule has 0 aliphatic carbocycles. The van der Waals surface area contributed by atoms with E-state index in [0.717, 1.165) is 27.3 Å². The van der Waals surface area contributed by atoms with Crippen molar-refractivity contribution in [3.63, 3.8) is 0 Å². The van der Waals surface area contributed by atoms with Crippen molar-refractivity contribution in [3.05, 3.63) is 94.5 Å². The number of benzene rings is 3. The first-order valence-corrected chi connectivity index (χ1v) is 10.9. The number of fused-ring (bicyclic) bond motifs is 3. The van der Waals surface area contributed by atoms with E-state index in [-0.39, 0.29) is 11.9 Å². The minimum atomic E-state index is -0.469. The van der Waals surface area contributed by atoms with Gasteiger partial charge in [0.25, 0.3) is 0 Å². The lowest BCUT2D eigenvalue weighted by Gasteiger charge is -2.25. The number of hydrogen-bond donors (Lipinski definition) is 0. The van der Waals surface area contributed by atoms with Gasteiger partial charge in [-0.15, -0.1) is 16.7 Å². The van der Waals surface area contributed by atoms with E-state index in [1.807, 2.05) is 55.5 Å². The third-order valence-electron chi connectivity index (χ3n) is 5.47. The Morgan fingerprint density at radius 1 is 1.00 bits per heavy atom. The average molecular weight is 434 g/mol. The fraction of sp³-hybridized carbons (Fsp3) is 0.125. The maximum atomic E-state index is 13.7. The normalized spacial score (nSPS) is 17.9. The Balaban J connectivity index is 1.70. The second-order valence-electron chi connectivity index (χ2n) is 7.33. The molecule has 0 N–H and O–H groups in total. The third-order valence-corrected chi connectivity index (χ3v) is 6.98. The van der Waals surface area contributed by atoms with E-state index in [1.54, 1.807) is 28.8 Å². The summed E-state index contributed by atoms with van der Waals surface area (Å²) in [6.45, 7) is 2.43. The third kappa shape index (κ3) is 3.06. The summed E-state index contributed by atoms with van der Waals surface area (Å²) in [6.07, 6.45) is 0. The van der Waals surface area contributed by atoms with Gasteiger partial charge < -0.3 is 0 Å². The second-order valence-corrected chi connectivity index (χ2v) is 8.91. The highest BCUT2D eigenvalue weighted by atomic mass is 35.5. The lowest BCUT2D eigenvalue weighted by Crippen LogP contribution is -2.55. The molecule has 1 atom stereocenters. The largest absolute Gasteiger partial charge is 0.506 e. The summed E-state index contributed by atoms with van der Waals surface area (Å²) in [7, 11) is 0. The van der Waals surface area contributed by atoms with Crippen LogP contribution >= 0.6 is 23.4 Å². The summed E-state index contributed by atoms with van der Waals surface area (Å²) in [5.74, 6) is -0.237. The molecule has 0 bridgehead atoms. The van der Waals surface area contributed by atoms with Crippen molar-refractivity contribution in [2.24, 2.45) is 0 Å². The Kier molecular flexibility index (Phi) is 4.72. The van der Waals surface area contributed by atoms with Gasteiger partial charge >= 0.3 is 11.9 Å². The molecule has 2 heterocycles. The summed E-state index contributed by atoms with van der Waals surface area (Å²) in [5.41, 5.74) is 4.36. The monoisotopic (exact) mass is 433 g/mol. The molecule has 30 heavy (non-hydrogen) atoms. The Morgan fingerprint density at radius 3 is 2.57 bits per heavy atom. The van der Waals surface area contributed by atoms with Gasteiger partial charge in [0.05, 0.1) is 0 Å². The lowest BCUT2D eigenvalue weighted by atomic mass is 10.0. The number of anilines is 1. The molecule has 3 aromatic rings. The first kappa shape index (κ1) is 19.1. The summed E-state index contributed by atoms with van der Waals surface area (Å²) in [4.78, 5) is 29.4. The van der Waals surface area contributed by atoms with Crippen molar-refractivity contribution in [1.82, 2.24) is 0 Å². The number of thioether (sulfide) groups is 1. The van der Waals surface area contributed by atoms with E-state index in [0.29, 0.717) is 17.3 Å². The summed E-state index contributed by atoms with van der Waals surface area (Å²) in [5, 5.41) is 0.0128. The molecule has 1 unspecified atom stereocenters. The van der Waals surface area contributed by atoms with Gasteiger partial charge in [-0.25, -0.2) is 4.79 Å². The SMILES string of the molecule is Cc1ccccc1C[N+]1=C2c3ccccc3SC2C(=O)N(c2cccc(Cl)c2)C1=O. The zero-order valence-electron chi connectivity index (χ0n) is 16.2. The molecule has 148 valence electrons. The number of carbonyl (C=O) groups is 2. The predicted octanol–water partition coefficient (Wildman–Crippen LogP) is 5.29. The van der Waals surface area contributed by atoms with E-state index in [9.17, 15) is 9.59 Å². The van der Waals surface area contributed by atoms with Crippen molar-refractivity contribution < 1.29 is 14.2 Å². The number of carbonyl (C=O) groups excluding carboxylic acids is 2. The van der Waals surface area contributed by atoms with Gasteiger partial charge in [0, 0.05) is 21.5 Å². The smallest absolute Gasteiger partial charge is 0.244 e. The van der Waals surface area contributed by atoms with E-state index < -0.39 is 5.25 Å². The van der Waals surface area contributed by atoms with Crippen molar-refractivity contribution in [2.75, 3.05) is 4.90 Å². The molecule has 2 aliphatic rings. The van der Waals surface area contributed by atoms with Gasteiger partial charge in [-0.05, 0) is 42.3 Å². The standard InChI is InChI=1S/C24H18ClN2O2S/c1-15-7-2-3-8-16(15)14-26-21-19-11-4-5-12-20(19)30-22(21)23(28)27(24(26)29)18-10-6-9-17(25)13-18/h2-13,22H,14H2,1H3/q+1. The average Bonchev–Trinajstić information content (AvgIpc) is 3.13. The zero-order chi connectivity index (χ0) is 20.8. The van der Waals surface area contributed by atoms with Crippen LogP contribution in [0, 0.1) is 6.92 Å². The summed E-state index contributed by atoms with van der Waals surface area (Å²) in [6, 6.07) is 22.4. The van der Waals surface area contributed by atoms with Crippen LogP contribution in [0.5, 0.6) is 0 Å². The summed E-state index contributed by atoms with van der Waals surface area (Å²) < 4.78 is 1.74. The van der Waals surface area contributed by atoms with Gasteiger partial charge in [-0.3, -0.25) is 0 Å². The van der Waals surface area contributed by atoms with E-state index in [1.165, 1.54) is 16.7 Å². The number of halogens is 1. The molecule has 6 heteroatoms. The maximum Gasteiger partial charge on any atom is 0.506 e. The molecule has 3 amide bonds. The second kappa shape index (κ2) is 7.42. The number of nitrogens with zero attached hydrogens (tertiary/aromatic N) is 2. The van der Waals surface area contributed by atoms with Gasteiger partial charge in [-0.2, -0.15) is 9.37 Å². The Bertz CT molecular complexity index is 1240. The predicted molar refractivity (Wildman–Crippen MR) is 120 cm³/mol. The lowest BCUT2D eigenvalue weighted by molar-refractivity contribution is -0.444. The molecular weight excluding hydrogens is 416 g/mol. The van der Waals surface area contributed by atoms with E-state index >= 15 is 0 Å². The molecular formula is C24H18ClN2O2S+. The molecule has 3 aromatic carbocycles. The van der Waals surface area contributed by atoms with Gasteiger partial charge in [0.1, 0.15) is 17.9 Å². The maximum absolute atomic E-state index is 13.7. The highest BCUT2D eigenvalue weighted by Crippen LogP contribution is 2.41. The van der Waals surface area contributed by atoms with Crippen LogP contribution in [0.4, 0.5) is 10.5 Å². The highest BCUT2D eigenvalue weighted by molar-refractivity contribution is 8.02. The van der Waals surface area contributed by atoms with E-state index in [4.69, 9.17) is 11.6 Å². The van der Waals surface area contributed by atoms with Crippen LogP contribution in [0.15, 0.2) is 77.7 Å². The van der Waals surface area contributed by atoms with Crippen molar-refractivity contribution in [1.29, 1.82) is 0 Å². The molecule has 2 aliphatic heterocycles. The quantitative estimate of drug-likeness (QED) is 0.527. The molecule has 5 rings (SSSR count). The number of aryl methyl sites for hydroxylation is 1. The van der Waals surface area contributed by atoms with Crippen molar-refractivity contribution in [2.45, 2.75) is 23.6 Å². The molecule has 0 radical (unpaired) electrons. The van der Waals surface area contributed by atoms with E-state index in [2.05, 4.69) is 0 Å². The first-order chi connectivity index (χ1) is 14.5. The van der Waals surface area contributed by atoms with Crippen molar-refractivity contribution in [3.8, 4) is 0 Å². The van der Waals surface area contributed by atoms with Crippen LogP contribution in [0.3, 0.4) is 0 Å². The van der Waals surface area contributed by atoms with Crippen LogP contribution in [0.1, 0.15) is 16.7 Å². The highest BCUT2D eigenvalue weighted by Gasteiger charge is 2.53. The molecule has 0 saturated heterocycles. The van der Waals surface area contributed by atoms with Crippen molar-refractivity contribution >= 4 is 46.7 Å². The number of imide groups is 1. The van der Waals surface area contributed by atoms with Gasteiger partial charge in [0.2, 0.25) is 0 Å². The number of hydrogen-bond acceptors (Lipinski definition) is 3. The summed E-state index contributed by atoms with van der Waals surface area (Å²) >= 11 is 7.65. The molecule has 0 spiro atoms. The molecule has 0 aromatic heterocycles. The zero-order valence-corrected chi connectivity index (χ0v) is 17.8. The topological polar surface area (TPSA) is 40.4 Å².